The molecule has 4 heteroatoms. The molecule has 0 saturated carbocycles. The highest BCUT2D eigenvalue weighted by Gasteiger charge is 2.46. The van der Waals surface area contributed by atoms with E-state index in [1.807, 2.05) is 36.4 Å². The second-order valence-electron chi connectivity index (χ2n) is 6.48. The zero-order valence-electron chi connectivity index (χ0n) is 13.5. The number of nitrogens with zero attached hydrogens (tertiary/aromatic N) is 2. The largest absolute Gasteiger partial charge is 0.327 e. The molecule has 0 radical (unpaired) electrons. The first kappa shape index (κ1) is 14.9. The molecule has 0 aromatic heterocycles. The molecular formula is C20H20N2O2. The number of carbonyl (C=O) groups is 2. The second kappa shape index (κ2) is 6.11. The van der Waals surface area contributed by atoms with Crippen molar-refractivity contribution in [1.82, 2.24) is 9.80 Å². The molecule has 3 amide bonds. The highest BCUT2D eigenvalue weighted by Crippen LogP contribution is 2.30. The van der Waals surface area contributed by atoms with Crippen molar-refractivity contribution in [3.05, 3.63) is 71.3 Å². The van der Waals surface area contributed by atoms with Crippen LogP contribution in [0, 0.1) is 0 Å². The molecule has 122 valence electrons. The fraction of sp³-hybridized carbons (Fsp3) is 0.300. The Morgan fingerprint density at radius 1 is 0.917 bits per heavy atom. The summed E-state index contributed by atoms with van der Waals surface area (Å²) in [5.74, 6) is -0.0393. The van der Waals surface area contributed by atoms with Crippen molar-refractivity contribution in [3.63, 3.8) is 0 Å². The summed E-state index contributed by atoms with van der Waals surface area (Å²) >= 11 is 0. The molecule has 2 aromatic rings. The molecule has 0 N–H and O–H groups in total. The average Bonchev–Trinajstić information content (AvgIpc) is 2.85. The number of rotatable bonds is 4. The molecule has 24 heavy (non-hydrogen) atoms. The van der Waals surface area contributed by atoms with Gasteiger partial charge in [-0.1, -0.05) is 54.6 Å². The minimum absolute atomic E-state index is 0.0393. The lowest BCUT2D eigenvalue weighted by molar-refractivity contribution is -0.128. The van der Waals surface area contributed by atoms with Crippen LogP contribution in [0.2, 0.25) is 0 Å². The molecule has 1 atom stereocenters. The van der Waals surface area contributed by atoms with Gasteiger partial charge >= 0.3 is 6.03 Å². The SMILES string of the molecule is O=C1[C@@H]2Cc3ccccc3CN2C(=O)N1CCCc1ccccc1. The van der Waals surface area contributed by atoms with Gasteiger partial charge in [-0.3, -0.25) is 9.69 Å². The van der Waals surface area contributed by atoms with E-state index in [1.165, 1.54) is 16.0 Å². The van der Waals surface area contributed by atoms with Gasteiger partial charge in [0.2, 0.25) is 0 Å². The van der Waals surface area contributed by atoms with Crippen LogP contribution in [0.3, 0.4) is 0 Å². The Kier molecular flexibility index (Phi) is 3.81. The van der Waals surface area contributed by atoms with Crippen molar-refractivity contribution in [1.29, 1.82) is 0 Å². The van der Waals surface area contributed by atoms with Crippen LogP contribution in [0.1, 0.15) is 23.1 Å². The van der Waals surface area contributed by atoms with Crippen molar-refractivity contribution in [2.24, 2.45) is 0 Å². The van der Waals surface area contributed by atoms with Gasteiger partial charge in [-0.2, -0.15) is 0 Å². The molecule has 0 bridgehead atoms. The summed E-state index contributed by atoms with van der Waals surface area (Å²) in [7, 11) is 0. The Morgan fingerprint density at radius 3 is 2.42 bits per heavy atom. The van der Waals surface area contributed by atoms with E-state index in [9.17, 15) is 9.59 Å². The van der Waals surface area contributed by atoms with Gasteiger partial charge in [0.05, 0.1) is 0 Å². The zero-order chi connectivity index (χ0) is 16.5. The number of fused-ring (bicyclic) bond motifs is 2. The van der Waals surface area contributed by atoms with Gasteiger partial charge in [-0.15, -0.1) is 0 Å². The van der Waals surface area contributed by atoms with E-state index in [2.05, 4.69) is 18.2 Å². The monoisotopic (exact) mass is 320 g/mol. The van der Waals surface area contributed by atoms with E-state index in [-0.39, 0.29) is 18.0 Å². The first-order chi connectivity index (χ1) is 11.7. The van der Waals surface area contributed by atoms with Crippen molar-refractivity contribution < 1.29 is 9.59 Å². The van der Waals surface area contributed by atoms with Gasteiger partial charge in [0.1, 0.15) is 6.04 Å². The van der Waals surface area contributed by atoms with Crippen LogP contribution in [0.4, 0.5) is 4.79 Å². The van der Waals surface area contributed by atoms with Crippen molar-refractivity contribution >= 4 is 11.9 Å². The van der Waals surface area contributed by atoms with E-state index in [4.69, 9.17) is 0 Å². The standard InChI is InChI=1S/C20H20N2O2/c23-19-18-13-16-10-4-5-11-17(16)14-22(18)20(24)21(19)12-6-9-15-7-2-1-3-8-15/h1-5,7-8,10-11,18H,6,9,12-14H2/t18-/m0/s1. The molecule has 2 heterocycles. The second-order valence-corrected chi connectivity index (χ2v) is 6.48. The predicted octanol–water partition coefficient (Wildman–Crippen LogP) is 3.01. The molecule has 2 aliphatic heterocycles. The highest BCUT2D eigenvalue weighted by molar-refractivity contribution is 6.04. The maximum Gasteiger partial charge on any atom is 0.327 e. The summed E-state index contributed by atoms with van der Waals surface area (Å²) in [6.07, 6.45) is 2.31. The number of urea groups is 1. The summed E-state index contributed by atoms with van der Waals surface area (Å²) in [4.78, 5) is 28.5. The number of hydrogen-bond donors (Lipinski definition) is 0. The van der Waals surface area contributed by atoms with E-state index in [0.29, 0.717) is 19.5 Å². The average molecular weight is 320 g/mol. The summed E-state index contributed by atoms with van der Waals surface area (Å²) < 4.78 is 0. The third kappa shape index (κ3) is 2.58. The molecule has 0 unspecified atom stereocenters. The quantitative estimate of drug-likeness (QED) is 0.813. The zero-order valence-corrected chi connectivity index (χ0v) is 13.5. The van der Waals surface area contributed by atoms with Crippen molar-refractivity contribution in [3.8, 4) is 0 Å². The predicted molar refractivity (Wildman–Crippen MR) is 91.3 cm³/mol. The van der Waals surface area contributed by atoms with E-state index in [1.54, 1.807) is 4.90 Å². The molecular weight excluding hydrogens is 300 g/mol. The molecule has 2 aliphatic rings. The minimum Gasteiger partial charge on any atom is -0.308 e. The van der Waals surface area contributed by atoms with Crippen LogP contribution in [0.25, 0.3) is 0 Å². The normalized spacial score (nSPS) is 19.4. The van der Waals surface area contributed by atoms with Crippen molar-refractivity contribution in [2.45, 2.75) is 31.8 Å². The Morgan fingerprint density at radius 2 is 1.62 bits per heavy atom. The number of aryl methyl sites for hydroxylation is 1. The van der Waals surface area contributed by atoms with E-state index >= 15 is 0 Å². The van der Waals surface area contributed by atoms with Crippen LogP contribution < -0.4 is 0 Å². The Labute approximate surface area is 141 Å². The van der Waals surface area contributed by atoms with Gasteiger partial charge in [0.25, 0.3) is 5.91 Å². The van der Waals surface area contributed by atoms with E-state index < -0.39 is 0 Å². The number of imide groups is 1. The topological polar surface area (TPSA) is 40.6 Å². The lowest BCUT2D eigenvalue weighted by Gasteiger charge is -2.28. The smallest absolute Gasteiger partial charge is 0.308 e. The van der Waals surface area contributed by atoms with Crippen LogP contribution in [-0.4, -0.2) is 34.3 Å². The maximum atomic E-state index is 12.7. The fourth-order valence-electron chi connectivity index (χ4n) is 3.67. The minimum atomic E-state index is -0.316. The molecule has 1 saturated heterocycles. The van der Waals surface area contributed by atoms with Crippen LogP contribution in [0.5, 0.6) is 0 Å². The molecule has 0 spiro atoms. The maximum absolute atomic E-state index is 12.7. The summed E-state index contributed by atoms with van der Waals surface area (Å²) in [6.45, 7) is 1.04. The molecule has 0 aliphatic carbocycles. The van der Waals surface area contributed by atoms with Gasteiger partial charge in [-0.25, -0.2) is 4.79 Å². The molecule has 4 nitrogen and oxygen atoms in total. The van der Waals surface area contributed by atoms with Crippen molar-refractivity contribution in [2.75, 3.05) is 6.54 Å². The molecule has 4 rings (SSSR count). The Bertz CT molecular complexity index is 729. The Balaban J connectivity index is 1.44. The summed E-state index contributed by atoms with van der Waals surface area (Å²) in [6, 6.07) is 17.8. The molecule has 1 fully saturated rings. The third-order valence-electron chi connectivity index (χ3n) is 4.97. The molecule has 2 aromatic carbocycles. The Hall–Kier alpha value is -2.62. The van der Waals surface area contributed by atoms with Gasteiger partial charge in [-0.05, 0) is 29.5 Å². The van der Waals surface area contributed by atoms with Crippen LogP contribution in [-0.2, 0) is 24.2 Å². The fourth-order valence-corrected chi connectivity index (χ4v) is 3.67. The van der Waals surface area contributed by atoms with Gasteiger partial charge in [0.15, 0.2) is 0 Å². The van der Waals surface area contributed by atoms with Crippen LogP contribution >= 0.6 is 0 Å². The number of hydrogen-bond acceptors (Lipinski definition) is 2. The highest BCUT2D eigenvalue weighted by atomic mass is 16.2. The first-order valence-electron chi connectivity index (χ1n) is 8.47. The lowest BCUT2D eigenvalue weighted by Crippen LogP contribution is -2.39. The number of amides is 3. The summed E-state index contributed by atoms with van der Waals surface area (Å²) in [5.41, 5.74) is 3.58. The number of benzene rings is 2. The van der Waals surface area contributed by atoms with Gasteiger partial charge < -0.3 is 4.90 Å². The lowest BCUT2D eigenvalue weighted by atomic mass is 9.95. The van der Waals surface area contributed by atoms with Crippen LogP contribution in [0.15, 0.2) is 54.6 Å². The van der Waals surface area contributed by atoms with E-state index in [0.717, 1.165) is 18.4 Å². The summed E-state index contributed by atoms with van der Waals surface area (Å²) in [5, 5.41) is 0. The first-order valence-corrected chi connectivity index (χ1v) is 8.47. The third-order valence-corrected chi connectivity index (χ3v) is 4.97. The van der Waals surface area contributed by atoms with Gasteiger partial charge in [0, 0.05) is 19.5 Å². The number of carbonyl (C=O) groups excluding carboxylic acids is 2.